The first-order valence-corrected chi connectivity index (χ1v) is 19.6. The smallest absolute Gasteiger partial charge is 0.310 e. The third-order valence-electron chi connectivity index (χ3n) is 9.50. The number of hydrogen-bond donors (Lipinski definition) is 0. The van der Waals surface area contributed by atoms with Crippen LogP contribution in [0.4, 0.5) is 0 Å². The summed E-state index contributed by atoms with van der Waals surface area (Å²) in [6, 6.07) is 0. The van der Waals surface area contributed by atoms with Crippen molar-refractivity contribution in [3.8, 4) is 0 Å². The second kappa shape index (κ2) is 29.8. The summed E-state index contributed by atoms with van der Waals surface area (Å²) in [5, 5.41) is 0. The van der Waals surface area contributed by atoms with Crippen molar-refractivity contribution in [2.45, 2.75) is 194 Å². The molecule has 0 radical (unpaired) electrons. The van der Waals surface area contributed by atoms with E-state index in [9.17, 15) is 14.4 Å². The average molecular weight is 637 g/mol. The molecule has 1 aliphatic rings. The summed E-state index contributed by atoms with van der Waals surface area (Å²) in [5.74, 6) is -3.23. The van der Waals surface area contributed by atoms with E-state index < -0.39 is 23.7 Å². The minimum absolute atomic E-state index is 0.338. The highest BCUT2D eigenvalue weighted by Gasteiger charge is 2.47. The number of ether oxygens (including phenoxy) is 3. The molecule has 0 amide bonds. The Bertz CT molecular complexity index is 680. The van der Waals surface area contributed by atoms with Crippen molar-refractivity contribution in [2.75, 3.05) is 19.8 Å². The topological polar surface area (TPSA) is 78.9 Å². The van der Waals surface area contributed by atoms with E-state index in [1.54, 1.807) is 0 Å². The maximum Gasteiger partial charge on any atom is 0.310 e. The Morgan fingerprint density at radius 3 is 0.978 bits per heavy atom. The van der Waals surface area contributed by atoms with E-state index in [0.29, 0.717) is 39.1 Å². The summed E-state index contributed by atoms with van der Waals surface area (Å²) in [6.45, 7) is 7.76. The van der Waals surface area contributed by atoms with Gasteiger partial charge in [-0.3, -0.25) is 14.4 Å². The Morgan fingerprint density at radius 2 is 0.667 bits per heavy atom. The molecule has 0 aliphatic heterocycles. The summed E-state index contributed by atoms with van der Waals surface area (Å²) in [7, 11) is 0. The van der Waals surface area contributed by atoms with E-state index in [-0.39, 0.29) is 11.9 Å². The van der Waals surface area contributed by atoms with Gasteiger partial charge < -0.3 is 14.2 Å². The highest BCUT2D eigenvalue weighted by molar-refractivity contribution is 5.87. The van der Waals surface area contributed by atoms with Gasteiger partial charge in [0.05, 0.1) is 37.6 Å². The highest BCUT2D eigenvalue weighted by Crippen LogP contribution is 2.38. The van der Waals surface area contributed by atoms with E-state index in [1.165, 1.54) is 96.3 Å². The van der Waals surface area contributed by atoms with Crippen molar-refractivity contribution in [2.24, 2.45) is 17.8 Å². The summed E-state index contributed by atoms with van der Waals surface area (Å²) >= 11 is 0. The summed E-state index contributed by atoms with van der Waals surface area (Å²) < 4.78 is 17.1. The quantitative estimate of drug-likeness (QED) is 0.0443. The van der Waals surface area contributed by atoms with Gasteiger partial charge in [0.1, 0.15) is 0 Å². The van der Waals surface area contributed by atoms with E-state index in [0.717, 1.165) is 57.8 Å². The van der Waals surface area contributed by atoms with Crippen LogP contribution in [0.3, 0.4) is 0 Å². The van der Waals surface area contributed by atoms with Gasteiger partial charge in [0, 0.05) is 0 Å². The Morgan fingerprint density at radius 1 is 0.400 bits per heavy atom. The molecule has 0 spiro atoms. The Labute approximate surface area is 277 Å². The third-order valence-corrected chi connectivity index (χ3v) is 9.50. The molecule has 1 fully saturated rings. The first-order chi connectivity index (χ1) is 22.1. The molecule has 0 aromatic heterocycles. The molecule has 0 heterocycles. The number of carbonyl (C=O) groups is 3. The molecule has 45 heavy (non-hydrogen) atoms. The van der Waals surface area contributed by atoms with Crippen LogP contribution in [-0.4, -0.2) is 37.7 Å². The molecule has 1 rings (SSSR count). The number of unbranched alkanes of at least 4 members (excludes halogenated alkanes) is 21. The van der Waals surface area contributed by atoms with Crippen molar-refractivity contribution in [1.82, 2.24) is 0 Å². The normalized spacial score (nSPS) is 18.1. The number of hydrogen-bond acceptors (Lipinski definition) is 6. The van der Waals surface area contributed by atoms with Gasteiger partial charge >= 0.3 is 17.9 Å². The van der Waals surface area contributed by atoms with Crippen LogP contribution in [0.15, 0.2) is 0 Å². The summed E-state index contributed by atoms with van der Waals surface area (Å²) in [6.07, 6.45) is 29.9. The monoisotopic (exact) mass is 637 g/mol. The lowest BCUT2D eigenvalue weighted by Gasteiger charge is -2.34. The molecule has 0 N–H and O–H groups in total. The van der Waals surface area contributed by atoms with E-state index >= 15 is 0 Å². The number of esters is 3. The highest BCUT2D eigenvalue weighted by atomic mass is 16.5. The Balaban J connectivity index is 2.58. The lowest BCUT2D eigenvalue weighted by atomic mass is 9.72. The van der Waals surface area contributed by atoms with Crippen LogP contribution in [0.25, 0.3) is 0 Å². The largest absolute Gasteiger partial charge is 0.465 e. The van der Waals surface area contributed by atoms with Gasteiger partial charge in [-0.15, -0.1) is 0 Å². The van der Waals surface area contributed by atoms with Gasteiger partial charge in [0.2, 0.25) is 0 Å². The maximum absolute atomic E-state index is 13.4. The minimum Gasteiger partial charge on any atom is -0.465 e. The Kier molecular flexibility index (Phi) is 27.4. The molecule has 6 nitrogen and oxygen atoms in total. The zero-order valence-corrected chi connectivity index (χ0v) is 29.9. The fourth-order valence-corrected chi connectivity index (χ4v) is 6.59. The van der Waals surface area contributed by atoms with E-state index in [2.05, 4.69) is 20.8 Å². The lowest BCUT2D eigenvalue weighted by Crippen LogP contribution is -2.44. The van der Waals surface area contributed by atoms with Gasteiger partial charge in [-0.05, 0) is 32.1 Å². The van der Waals surface area contributed by atoms with Gasteiger partial charge in [-0.1, -0.05) is 162 Å². The molecule has 2 unspecified atom stereocenters. The molecule has 2 atom stereocenters. The molecular formula is C39H72O6. The summed E-state index contributed by atoms with van der Waals surface area (Å²) in [5.41, 5.74) is 0. The van der Waals surface area contributed by atoms with Crippen LogP contribution in [0.1, 0.15) is 194 Å². The fourth-order valence-electron chi connectivity index (χ4n) is 6.59. The van der Waals surface area contributed by atoms with Crippen molar-refractivity contribution in [1.29, 1.82) is 0 Å². The molecule has 0 bridgehead atoms. The third kappa shape index (κ3) is 21.0. The number of rotatable bonds is 30. The van der Waals surface area contributed by atoms with Gasteiger partial charge in [-0.2, -0.15) is 0 Å². The lowest BCUT2D eigenvalue weighted by molar-refractivity contribution is -0.172. The molecule has 0 saturated heterocycles. The second-order valence-electron chi connectivity index (χ2n) is 13.6. The molecule has 1 saturated carbocycles. The van der Waals surface area contributed by atoms with Crippen molar-refractivity contribution in [3.63, 3.8) is 0 Å². The molecule has 6 heteroatoms. The zero-order valence-electron chi connectivity index (χ0n) is 29.9. The van der Waals surface area contributed by atoms with Crippen LogP contribution in [0.2, 0.25) is 0 Å². The minimum atomic E-state index is -0.815. The predicted octanol–water partition coefficient (Wildman–Crippen LogP) is 11.1. The SMILES string of the molecule is CCCCCCCCCCOC(=O)C1CCCC(C(=O)OCCCCCCCCCC)C1C(=O)OCCCCCCCCCC. The van der Waals surface area contributed by atoms with Crippen LogP contribution in [0, 0.1) is 17.8 Å². The van der Waals surface area contributed by atoms with Crippen LogP contribution in [-0.2, 0) is 28.6 Å². The molecule has 0 aromatic carbocycles. The predicted molar refractivity (Wildman–Crippen MR) is 185 cm³/mol. The first-order valence-electron chi connectivity index (χ1n) is 19.6. The van der Waals surface area contributed by atoms with Gasteiger partial charge in [0.25, 0.3) is 0 Å². The Hall–Kier alpha value is -1.59. The van der Waals surface area contributed by atoms with Crippen molar-refractivity contribution >= 4 is 17.9 Å². The van der Waals surface area contributed by atoms with Crippen molar-refractivity contribution in [3.05, 3.63) is 0 Å². The number of carbonyl (C=O) groups excluding carboxylic acids is 3. The first kappa shape index (κ1) is 41.4. The van der Waals surface area contributed by atoms with E-state index in [1.807, 2.05) is 0 Å². The fraction of sp³-hybridized carbons (Fsp3) is 0.923. The maximum atomic E-state index is 13.4. The van der Waals surface area contributed by atoms with Crippen LogP contribution in [0.5, 0.6) is 0 Å². The van der Waals surface area contributed by atoms with E-state index in [4.69, 9.17) is 14.2 Å². The average Bonchev–Trinajstić information content (AvgIpc) is 3.05. The standard InChI is InChI=1S/C39H72O6/c1-4-7-10-13-16-19-22-25-31-43-37(40)34-29-28-30-35(38(41)44-32-26-23-20-17-14-11-8-5-2)36(34)39(42)45-33-27-24-21-18-15-12-9-6-3/h34-36H,4-33H2,1-3H3. The molecular weight excluding hydrogens is 564 g/mol. The summed E-state index contributed by atoms with van der Waals surface area (Å²) in [4.78, 5) is 40.0. The molecule has 264 valence electrons. The molecule has 0 aromatic rings. The van der Waals surface area contributed by atoms with Gasteiger partial charge in [0.15, 0.2) is 0 Å². The van der Waals surface area contributed by atoms with Crippen LogP contribution >= 0.6 is 0 Å². The zero-order chi connectivity index (χ0) is 32.8. The van der Waals surface area contributed by atoms with Gasteiger partial charge in [-0.25, -0.2) is 0 Å². The van der Waals surface area contributed by atoms with Crippen LogP contribution < -0.4 is 0 Å². The molecule has 1 aliphatic carbocycles. The van der Waals surface area contributed by atoms with Crippen molar-refractivity contribution < 1.29 is 28.6 Å². The second-order valence-corrected chi connectivity index (χ2v) is 13.6.